The third kappa shape index (κ3) is 3.85. The Labute approximate surface area is 96.2 Å². The van der Waals surface area contributed by atoms with E-state index in [4.69, 9.17) is 4.74 Å². The number of ether oxygens (including phenoxy) is 2. The van der Waals surface area contributed by atoms with E-state index in [9.17, 15) is 9.90 Å². The zero-order chi connectivity index (χ0) is 12.0. The lowest BCUT2D eigenvalue weighted by atomic mass is 10.0. The fourth-order valence-corrected chi connectivity index (χ4v) is 1.60. The zero-order valence-electron chi connectivity index (χ0n) is 9.99. The van der Waals surface area contributed by atoms with Crippen molar-refractivity contribution in [3.8, 4) is 0 Å². The van der Waals surface area contributed by atoms with Gasteiger partial charge in [0.1, 0.15) is 6.61 Å². The van der Waals surface area contributed by atoms with E-state index in [1.165, 1.54) is 7.11 Å². The highest BCUT2D eigenvalue weighted by Gasteiger charge is 2.43. The first-order valence-electron chi connectivity index (χ1n) is 5.75. The third-order valence-electron chi connectivity index (χ3n) is 2.82. The molecule has 0 unspecified atom stereocenters. The van der Waals surface area contributed by atoms with Gasteiger partial charge in [-0.15, -0.1) is 0 Å². The number of aliphatic hydroxyl groups is 1. The third-order valence-corrected chi connectivity index (χ3v) is 2.82. The quantitative estimate of drug-likeness (QED) is 0.560. The normalized spacial score (nSPS) is 18.1. The maximum atomic E-state index is 10.7. The van der Waals surface area contributed by atoms with E-state index in [2.05, 4.69) is 11.7 Å². The predicted molar refractivity (Wildman–Crippen MR) is 60.1 cm³/mol. The average Bonchev–Trinajstić information content (AvgIpc) is 3.02. The molecule has 0 spiro atoms. The topological polar surface area (TPSA) is 55.8 Å². The van der Waals surface area contributed by atoms with Crippen LogP contribution >= 0.6 is 0 Å². The van der Waals surface area contributed by atoms with Crippen molar-refractivity contribution in [1.29, 1.82) is 0 Å². The second kappa shape index (κ2) is 5.89. The van der Waals surface area contributed by atoms with Crippen molar-refractivity contribution in [3.05, 3.63) is 11.6 Å². The van der Waals surface area contributed by atoms with Crippen LogP contribution in [0.4, 0.5) is 4.79 Å². The second-order valence-electron chi connectivity index (χ2n) is 4.13. The van der Waals surface area contributed by atoms with Crippen LogP contribution in [0.2, 0.25) is 0 Å². The molecule has 1 saturated carbocycles. The van der Waals surface area contributed by atoms with Gasteiger partial charge >= 0.3 is 6.16 Å². The lowest BCUT2D eigenvalue weighted by Gasteiger charge is -2.13. The van der Waals surface area contributed by atoms with Crippen LogP contribution in [0.1, 0.15) is 39.0 Å². The van der Waals surface area contributed by atoms with Gasteiger partial charge in [-0.1, -0.05) is 13.3 Å². The number of rotatable bonds is 6. The predicted octanol–water partition coefficient (Wildman–Crippen LogP) is 2.41. The number of hydrogen-bond donors (Lipinski definition) is 1. The minimum absolute atomic E-state index is 0.175. The molecule has 0 saturated heterocycles. The molecule has 1 fully saturated rings. The fraction of sp³-hybridized carbons (Fsp3) is 0.750. The molecule has 0 aromatic carbocycles. The number of methoxy groups -OCH3 is 1. The molecule has 0 atom stereocenters. The summed E-state index contributed by atoms with van der Waals surface area (Å²) >= 11 is 0. The second-order valence-corrected chi connectivity index (χ2v) is 4.13. The largest absolute Gasteiger partial charge is 0.508 e. The highest BCUT2D eigenvalue weighted by molar-refractivity contribution is 5.59. The average molecular weight is 228 g/mol. The van der Waals surface area contributed by atoms with Crippen LogP contribution in [-0.2, 0) is 9.47 Å². The van der Waals surface area contributed by atoms with Crippen LogP contribution in [0.25, 0.3) is 0 Å². The Morgan fingerprint density at radius 3 is 2.69 bits per heavy atom. The zero-order valence-corrected chi connectivity index (χ0v) is 9.99. The molecule has 0 bridgehead atoms. The maximum Gasteiger partial charge on any atom is 0.508 e. The van der Waals surface area contributed by atoms with Gasteiger partial charge in [-0.05, 0) is 37.3 Å². The fourth-order valence-electron chi connectivity index (χ4n) is 1.60. The Hall–Kier alpha value is -1.03. The van der Waals surface area contributed by atoms with Crippen LogP contribution in [0.15, 0.2) is 11.6 Å². The summed E-state index contributed by atoms with van der Waals surface area (Å²) in [6.07, 6.45) is 5.77. The molecule has 1 rings (SSSR count). The molecule has 4 nitrogen and oxygen atoms in total. The molecule has 16 heavy (non-hydrogen) atoms. The van der Waals surface area contributed by atoms with Gasteiger partial charge in [0, 0.05) is 0 Å². The van der Waals surface area contributed by atoms with E-state index >= 15 is 0 Å². The standard InChI is InChI=1S/C12H20O4/c1-3-4-5-10(12(14)7-8-12)6-9-16-11(13)15-2/h6,14H,3-5,7-9H2,1-2H3/b10-6-. The van der Waals surface area contributed by atoms with Crippen LogP contribution in [0, 0.1) is 0 Å². The Balaban J connectivity index is 2.42. The van der Waals surface area contributed by atoms with E-state index in [1.807, 2.05) is 0 Å². The molecule has 4 heteroatoms. The smallest absolute Gasteiger partial charge is 0.438 e. The first kappa shape index (κ1) is 13.0. The number of unbranched alkanes of at least 4 members (excludes halogenated alkanes) is 1. The maximum absolute atomic E-state index is 10.7. The lowest BCUT2D eigenvalue weighted by molar-refractivity contribution is 0.0810. The summed E-state index contributed by atoms with van der Waals surface area (Å²) in [5.74, 6) is 0. The van der Waals surface area contributed by atoms with Crippen molar-refractivity contribution in [2.45, 2.75) is 44.6 Å². The Morgan fingerprint density at radius 1 is 1.50 bits per heavy atom. The SMILES string of the molecule is CCCC/C(=C/COC(=O)OC)C1(O)CC1. The molecule has 0 radical (unpaired) electrons. The Morgan fingerprint density at radius 2 is 2.19 bits per heavy atom. The molecule has 92 valence electrons. The van der Waals surface area contributed by atoms with Gasteiger partial charge in [0.25, 0.3) is 0 Å². The van der Waals surface area contributed by atoms with Gasteiger partial charge in [-0.2, -0.15) is 0 Å². The van der Waals surface area contributed by atoms with Gasteiger partial charge in [0.05, 0.1) is 12.7 Å². The van der Waals surface area contributed by atoms with Gasteiger partial charge < -0.3 is 14.6 Å². The Bertz CT molecular complexity index is 266. The van der Waals surface area contributed by atoms with Gasteiger partial charge in [-0.3, -0.25) is 0 Å². The molecule has 0 aliphatic heterocycles. The molecule has 0 amide bonds. The number of hydrogen-bond acceptors (Lipinski definition) is 4. The summed E-state index contributed by atoms with van der Waals surface area (Å²) in [6.45, 7) is 2.29. The van der Waals surface area contributed by atoms with E-state index in [1.54, 1.807) is 6.08 Å². The van der Waals surface area contributed by atoms with Crippen LogP contribution < -0.4 is 0 Å². The minimum Gasteiger partial charge on any atom is -0.438 e. The van der Waals surface area contributed by atoms with Crippen molar-refractivity contribution in [3.63, 3.8) is 0 Å². The summed E-state index contributed by atoms with van der Waals surface area (Å²) in [6, 6.07) is 0. The molecular formula is C12H20O4. The summed E-state index contributed by atoms with van der Waals surface area (Å²) in [5.41, 5.74) is 0.382. The number of carbonyl (C=O) groups is 1. The monoisotopic (exact) mass is 228 g/mol. The van der Waals surface area contributed by atoms with E-state index < -0.39 is 11.8 Å². The highest BCUT2D eigenvalue weighted by Crippen LogP contribution is 2.43. The van der Waals surface area contributed by atoms with Crippen molar-refractivity contribution < 1.29 is 19.4 Å². The molecular weight excluding hydrogens is 208 g/mol. The molecule has 0 heterocycles. The molecule has 0 aromatic rings. The van der Waals surface area contributed by atoms with E-state index in [-0.39, 0.29) is 6.61 Å². The molecule has 1 aliphatic rings. The molecule has 0 aromatic heterocycles. The van der Waals surface area contributed by atoms with Crippen LogP contribution in [-0.4, -0.2) is 30.6 Å². The van der Waals surface area contributed by atoms with Crippen molar-refractivity contribution >= 4 is 6.16 Å². The van der Waals surface area contributed by atoms with E-state index in [0.29, 0.717) is 0 Å². The van der Waals surface area contributed by atoms with Crippen LogP contribution in [0.3, 0.4) is 0 Å². The van der Waals surface area contributed by atoms with Crippen LogP contribution in [0.5, 0.6) is 0 Å². The summed E-state index contributed by atoms with van der Waals surface area (Å²) in [5, 5.41) is 10.00. The number of carbonyl (C=O) groups excluding carboxylic acids is 1. The minimum atomic E-state index is -0.686. The van der Waals surface area contributed by atoms with Crippen molar-refractivity contribution in [1.82, 2.24) is 0 Å². The van der Waals surface area contributed by atoms with Gasteiger partial charge in [0.2, 0.25) is 0 Å². The van der Waals surface area contributed by atoms with E-state index in [0.717, 1.165) is 37.7 Å². The first-order valence-corrected chi connectivity index (χ1v) is 5.75. The van der Waals surface area contributed by atoms with Gasteiger partial charge in [0.15, 0.2) is 0 Å². The Kier molecular flexibility index (Phi) is 4.80. The first-order chi connectivity index (χ1) is 7.62. The molecule has 1 aliphatic carbocycles. The highest BCUT2D eigenvalue weighted by atomic mass is 16.7. The summed E-state index contributed by atoms with van der Waals surface area (Å²) in [7, 11) is 1.28. The van der Waals surface area contributed by atoms with Crippen molar-refractivity contribution in [2.75, 3.05) is 13.7 Å². The van der Waals surface area contributed by atoms with Crippen molar-refractivity contribution in [2.24, 2.45) is 0 Å². The lowest BCUT2D eigenvalue weighted by Crippen LogP contribution is -2.13. The molecule has 1 N–H and O–H groups in total. The van der Waals surface area contributed by atoms with Gasteiger partial charge in [-0.25, -0.2) is 4.79 Å². The summed E-state index contributed by atoms with van der Waals surface area (Å²) < 4.78 is 9.14. The summed E-state index contributed by atoms with van der Waals surface area (Å²) in [4.78, 5) is 10.7.